The number of ketones is 1. The van der Waals surface area contributed by atoms with Gasteiger partial charge in [-0.3, -0.25) is 4.79 Å². The van der Waals surface area contributed by atoms with Crippen LogP contribution < -0.4 is 4.74 Å². The summed E-state index contributed by atoms with van der Waals surface area (Å²) in [6.07, 6.45) is 2.98. The number of ether oxygens (including phenoxy) is 1. The van der Waals surface area contributed by atoms with Crippen LogP contribution in [0.3, 0.4) is 0 Å². The van der Waals surface area contributed by atoms with Gasteiger partial charge in [0.1, 0.15) is 5.75 Å². The van der Waals surface area contributed by atoms with Crippen molar-refractivity contribution in [1.29, 1.82) is 0 Å². The lowest BCUT2D eigenvalue weighted by Gasteiger charge is -2.08. The van der Waals surface area contributed by atoms with Crippen LogP contribution >= 0.6 is 11.6 Å². The molecule has 0 amide bonds. The highest BCUT2D eigenvalue weighted by molar-refractivity contribution is 6.32. The predicted molar refractivity (Wildman–Crippen MR) is 85.8 cm³/mol. The van der Waals surface area contributed by atoms with Crippen molar-refractivity contribution in [3.05, 3.63) is 58.6 Å². The molecule has 0 saturated carbocycles. The van der Waals surface area contributed by atoms with Crippen molar-refractivity contribution in [3.8, 4) is 17.2 Å². The summed E-state index contributed by atoms with van der Waals surface area (Å²) in [6, 6.07) is 9.12. The quantitative estimate of drug-likeness (QED) is 0.645. The number of carbonyl (C=O) groups excluding carboxylic acids is 1. The first-order valence-corrected chi connectivity index (χ1v) is 7.05. The third kappa shape index (κ3) is 3.80. The second kappa shape index (κ2) is 7.00. The molecule has 5 heteroatoms. The molecule has 0 aliphatic heterocycles. The smallest absolute Gasteiger partial charge is 0.185 e. The van der Waals surface area contributed by atoms with Crippen molar-refractivity contribution in [3.63, 3.8) is 0 Å². The summed E-state index contributed by atoms with van der Waals surface area (Å²) in [5, 5.41) is 19.1. The maximum Gasteiger partial charge on any atom is 0.185 e. The van der Waals surface area contributed by atoms with Crippen LogP contribution in [0.5, 0.6) is 17.2 Å². The molecule has 0 fully saturated rings. The lowest BCUT2D eigenvalue weighted by Crippen LogP contribution is -1.94. The van der Waals surface area contributed by atoms with Gasteiger partial charge in [-0.2, -0.15) is 0 Å². The molecule has 0 aliphatic carbocycles. The van der Waals surface area contributed by atoms with Crippen molar-refractivity contribution in [2.45, 2.75) is 6.92 Å². The second-order valence-corrected chi connectivity index (χ2v) is 4.93. The number of phenols is 2. The minimum absolute atomic E-state index is 0.104. The van der Waals surface area contributed by atoms with Gasteiger partial charge in [-0.05, 0) is 55.0 Å². The van der Waals surface area contributed by atoms with Crippen LogP contribution in [0.15, 0.2) is 42.5 Å². The fraction of sp³-hybridized carbons (Fsp3) is 0.118. The summed E-state index contributed by atoms with van der Waals surface area (Å²) in [5.74, 6) is 0.0478. The minimum Gasteiger partial charge on any atom is -0.508 e. The summed E-state index contributed by atoms with van der Waals surface area (Å²) >= 11 is 5.93. The zero-order chi connectivity index (χ0) is 16.1. The second-order valence-electron chi connectivity index (χ2n) is 4.53. The number of aromatic hydroxyl groups is 2. The van der Waals surface area contributed by atoms with Crippen LogP contribution in [0.1, 0.15) is 22.8 Å². The van der Waals surface area contributed by atoms with E-state index >= 15 is 0 Å². The molecule has 0 unspecified atom stereocenters. The first-order valence-electron chi connectivity index (χ1n) is 6.68. The third-order valence-electron chi connectivity index (χ3n) is 2.93. The minimum atomic E-state index is -0.206. The molecule has 0 aliphatic rings. The van der Waals surface area contributed by atoms with E-state index in [0.717, 1.165) is 0 Å². The topological polar surface area (TPSA) is 66.8 Å². The zero-order valence-corrected chi connectivity index (χ0v) is 12.7. The summed E-state index contributed by atoms with van der Waals surface area (Å²) in [7, 11) is 0. The van der Waals surface area contributed by atoms with Crippen LogP contribution in [0.2, 0.25) is 5.02 Å². The van der Waals surface area contributed by atoms with E-state index in [4.69, 9.17) is 16.3 Å². The molecule has 0 bridgehead atoms. The Morgan fingerprint density at radius 3 is 2.55 bits per heavy atom. The van der Waals surface area contributed by atoms with Crippen molar-refractivity contribution < 1.29 is 19.7 Å². The van der Waals surface area contributed by atoms with Gasteiger partial charge in [-0.1, -0.05) is 17.7 Å². The highest BCUT2D eigenvalue weighted by atomic mass is 35.5. The van der Waals surface area contributed by atoms with Gasteiger partial charge >= 0.3 is 0 Å². The van der Waals surface area contributed by atoms with Crippen molar-refractivity contribution in [2.24, 2.45) is 0 Å². The van der Waals surface area contributed by atoms with Gasteiger partial charge in [0.15, 0.2) is 17.3 Å². The monoisotopic (exact) mass is 318 g/mol. The fourth-order valence-corrected chi connectivity index (χ4v) is 2.07. The van der Waals surface area contributed by atoms with Gasteiger partial charge < -0.3 is 14.9 Å². The molecule has 22 heavy (non-hydrogen) atoms. The Morgan fingerprint density at radius 1 is 1.23 bits per heavy atom. The molecule has 114 valence electrons. The van der Waals surface area contributed by atoms with E-state index in [1.807, 2.05) is 0 Å². The van der Waals surface area contributed by atoms with E-state index in [2.05, 4.69) is 0 Å². The van der Waals surface area contributed by atoms with E-state index in [1.165, 1.54) is 30.3 Å². The Morgan fingerprint density at radius 2 is 1.91 bits per heavy atom. The molecule has 2 aromatic carbocycles. The largest absolute Gasteiger partial charge is 0.508 e. The molecule has 0 spiro atoms. The number of benzene rings is 2. The number of hydrogen-bond acceptors (Lipinski definition) is 4. The lowest BCUT2D eigenvalue weighted by atomic mass is 10.1. The average Bonchev–Trinajstić information content (AvgIpc) is 2.50. The van der Waals surface area contributed by atoms with E-state index in [9.17, 15) is 15.0 Å². The maximum atomic E-state index is 12.0. The molecule has 2 rings (SSSR count). The number of carbonyl (C=O) groups is 1. The molecule has 0 aromatic heterocycles. The summed E-state index contributed by atoms with van der Waals surface area (Å²) < 4.78 is 5.28. The Bertz CT molecular complexity index is 705. The van der Waals surface area contributed by atoms with Crippen LogP contribution in [0.4, 0.5) is 0 Å². The highest BCUT2D eigenvalue weighted by Gasteiger charge is 2.09. The molecule has 0 heterocycles. The Balaban J connectivity index is 2.22. The highest BCUT2D eigenvalue weighted by Crippen LogP contribution is 2.35. The summed E-state index contributed by atoms with van der Waals surface area (Å²) in [5.41, 5.74) is 1.10. The first kappa shape index (κ1) is 15.9. The lowest BCUT2D eigenvalue weighted by molar-refractivity contribution is 0.104. The zero-order valence-electron chi connectivity index (χ0n) is 11.9. The number of rotatable bonds is 5. The number of allylic oxidation sites excluding steroid dienone is 1. The van der Waals surface area contributed by atoms with Crippen molar-refractivity contribution >= 4 is 23.5 Å². The number of hydrogen-bond donors (Lipinski definition) is 2. The van der Waals surface area contributed by atoms with Crippen molar-refractivity contribution in [1.82, 2.24) is 0 Å². The molecule has 0 radical (unpaired) electrons. The van der Waals surface area contributed by atoms with Crippen molar-refractivity contribution in [2.75, 3.05) is 6.61 Å². The fourth-order valence-electron chi connectivity index (χ4n) is 1.85. The molecule has 2 N–H and O–H groups in total. The molecular formula is C17H15ClO4. The van der Waals surface area contributed by atoms with Gasteiger partial charge in [0.25, 0.3) is 0 Å². The number of halogens is 1. The molecule has 0 atom stereocenters. The van der Waals surface area contributed by atoms with Gasteiger partial charge in [0, 0.05) is 5.56 Å². The van der Waals surface area contributed by atoms with Crippen LogP contribution in [0, 0.1) is 0 Å². The normalized spacial score (nSPS) is 10.8. The van der Waals surface area contributed by atoms with E-state index in [-0.39, 0.29) is 28.1 Å². The maximum absolute atomic E-state index is 12.0. The van der Waals surface area contributed by atoms with Gasteiger partial charge in [-0.25, -0.2) is 0 Å². The summed E-state index contributed by atoms with van der Waals surface area (Å²) in [4.78, 5) is 12.0. The molecule has 0 saturated heterocycles. The van der Waals surface area contributed by atoms with Gasteiger partial charge in [0.05, 0.1) is 11.6 Å². The SMILES string of the molecule is CCOc1cc(C=CC(=O)c2ccc(O)cc2)cc(Cl)c1O. The van der Waals surface area contributed by atoms with Crippen LogP contribution in [0.25, 0.3) is 6.08 Å². The standard InChI is InChI=1S/C17H15ClO4/c1-2-22-16-10-11(9-14(18)17(16)21)3-8-15(20)12-4-6-13(19)7-5-12/h3-10,19,21H,2H2,1H3. The molecule has 2 aromatic rings. The number of phenolic OH excluding ortho intramolecular Hbond substituents is 2. The van der Waals surface area contributed by atoms with Gasteiger partial charge in [-0.15, -0.1) is 0 Å². The van der Waals surface area contributed by atoms with Crippen LogP contribution in [-0.4, -0.2) is 22.6 Å². The summed E-state index contributed by atoms with van der Waals surface area (Å²) in [6.45, 7) is 2.19. The van der Waals surface area contributed by atoms with Gasteiger partial charge in [0.2, 0.25) is 0 Å². The van der Waals surface area contributed by atoms with Crippen LogP contribution in [-0.2, 0) is 0 Å². The third-order valence-corrected chi connectivity index (χ3v) is 3.22. The predicted octanol–water partition coefficient (Wildman–Crippen LogP) is 4.05. The average molecular weight is 319 g/mol. The van der Waals surface area contributed by atoms with E-state index < -0.39 is 0 Å². The Kier molecular flexibility index (Phi) is 5.07. The Hall–Kier alpha value is -2.46. The van der Waals surface area contributed by atoms with E-state index in [0.29, 0.717) is 17.7 Å². The Labute approximate surface area is 133 Å². The van der Waals surface area contributed by atoms with E-state index in [1.54, 1.807) is 25.1 Å². The molecular weight excluding hydrogens is 304 g/mol. The molecule has 4 nitrogen and oxygen atoms in total. The first-order chi connectivity index (χ1) is 10.5.